The minimum absolute atomic E-state index is 0.00148. The fraction of sp³-hybridized carbons (Fsp3) is 0.267. The zero-order chi connectivity index (χ0) is 16.2. The first-order chi connectivity index (χ1) is 10.4. The van der Waals surface area contributed by atoms with Crippen LogP contribution in [0.2, 0.25) is 0 Å². The molecule has 0 aliphatic rings. The molecule has 22 heavy (non-hydrogen) atoms. The summed E-state index contributed by atoms with van der Waals surface area (Å²) < 4.78 is 27.6. The Kier molecular flexibility index (Phi) is 4.99. The number of aromatic nitrogens is 1. The first kappa shape index (κ1) is 16.3. The molecular formula is C15H19N3O3S. The van der Waals surface area contributed by atoms with Crippen LogP contribution >= 0.6 is 0 Å². The minimum Gasteiger partial charge on any atom is -0.496 e. The molecule has 0 radical (unpaired) electrons. The van der Waals surface area contributed by atoms with Crippen LogP contribution in [0.3, 0.4) is 0 Å². The monoisotopic (exact) mass is 321 g/mol. The molecule has 0 aliphatic carbocycles. The molecule has 0 atom stereocenters. The smallest absolute Gasteiger partial charge is 0.239 e. The van der Waals surface area contributed by atoms with E-state index in [0.29, 0.717) is 12.4 Å². The molecule has 1 aromatic heterocycles. The molecule has 6 nitrogen and oxygen atoms in total. The van der Waals surface area contributed by atoms with Gasteiger partial charge in [0, 0.05) is 12.7 Å². The normalized spacial score (nSPS) is 11.2. The molecule has 0 saturated heterocycles. The number of nitrogens with one attached hydrogen (secondary N) is 1. The van der Waals surface area contributed by atoms with Crippen molar-refractivity contribution in [2.45, 2.75) is 18.2 Å². The van der Waals surface area contributed by atoms with Crippen LogP contribution in [-0.2, 0) is 16.4 Å². The molecule has 2 rings (SSSR count). The predicted molar refractivity (Wildman–Crippen MR) is 85.5 cm³/mol. The average molecular weight is 321 g/mol. The third-order valence-corrected chi connectivity index (χ3v) is 4.10. The van der Waals surface area contributed by atoms with Crippen molar-refractivity contribution >= 4 is 15.8 Å². The van der Waals surface area contributed by atoms with E-state index in [1.165, 1.54) is 17.8 Å². The van der Waals surface area contributed by atoms with E-state index in [1.807, 2.05) is 19.1 Å². The van der Waals surface area contributed by atoms with Gasteiger partial charge in [-0.3, -0.25) is 0 Å². The van der Waals surface area contributed by atoms with Gasteiger partial charge in [-0.25, -0.2) is 18.5 Å². The van der Waals surface area contributed by atoms with E-state index >= 15 is 0 Å². The zero-order valence-corrected chi connectivity index (χ0v) is 13.4. The Bertz CT molecular complexity index is 743. The Hall–Kier alpha value is -2.12. The summed E-state index contributed by atoms with van der Waals surface area (Å²) in [5.41, 5.74) is 2.28. The summed E-state index contributed by atoms with van der Waals surface area (Å²) in [6, 6.07) is 9.05. The molecule has 0 saturated carbocycles. The van der Waals surface area contributed by atoms with Gasteiger partial charge in [-0.1, -0.05) is 17.7 Å². The number of anilines is 1. The first-order valence-electron chi connectivity index (χ1n) is 6.76. The highest BCUT2D eigenvalue weighted by Crippen LogP contribution is 2.20. The third-order valence-electron chi connectivity index (χ3n) is 3.20. The van der Waals surface area contributed by atoms with E-state index in [4.69, 9.17) is 9.88 Å². The SMILES string of the molecule is COc1ccc(C)cc1CCNc1ccc(S(N)(=O)=O)cn1. The highest BCUT2D eigenvalue weighted by Gasteiger charge is 2.08. The first-order valence-corrected chi connectivity index (χ1v) is 8.31. The third kappa shape index (κ3) is 4.19. The van der Waals surface area contributed by atoms with E-state index in [1.54, 1.807) is 13.2 Å². The molecule has 3 N–H and O–H groups in total. The number of rotatable bonds is 6. The molecule has 0 amide bonds. The predicted octanol–water partition coefficient (Wildman–Crippen LogP) is 1.70. The van der Waals surface area contributed by atoms with Crippen molar-refractivity contribution in [2.24, 2.45) is 5.14 Å². The Labute approximate surface area is 130 Å². The van der Waals surface area contributed by atoms with Gasteiger partial charge in [0.2, 0.25) is 10.0 Å². The maximum Gasteiger partial charge on any atom is 0.239 e. The van der Waals surface area contributed by atoms with Gasteiger partial charge in [0.05, 0.1) is 7.11 Å². The maximum absolute atomic E-state index is 11.1. The minimum atomic E-state index is -3.70. The lowest BCUT2D eigenvalue weighted by Gasteiger charge is -2.10. The van der Waals surface area contributed by atoms with E-state index in [9.17, 15) is 8.42 Å². The Morgan fingerprint density at radius 1 is 1.27 bits per heavy atom. The van der Waals surface area contributed by atoms with Crippen LogP contribution in [0.4, 0.5) is 5.82 Å². The van der Waals surface area contributed by atoms with Crippen LogP contribution in [0.25, 0.3) is 0 Å². The number of nitrogens with zero attached hydrogens (tertiary/aromatic N) is 1. The number of ether oxygens (including phenoxy) is 1. The van der Waals surface area contributed by atoms with Crippen LogP contribution < -0.4 is 15.2 Å². The fourth-order valence-corrected chi connectivity index (χ4v) is 2.54. The number of sulfonamides is 1. The lowest BCUT2D eigenvalue weighted by Crippen LogP contribution is -2.13. The van der Waals surface area contributed by atoms with Crippen molar-refractivity contribution in [3.63, 3.8) is 0 Å². The number of primary sulfonamides is 1. The van der Waals surface area contributed by atoms with Crippen molar-refractivity contribution in [2.75, 3.05) is 19.0 Å². The van der Waals surface area contributed by atoms with Gasteiger partial charge in [0.25, 0.3) is 0 Å². The summed E-state index contributed by atoms with van der Waals surface area (Å²) in [6.07, 6.45) is 2.01. The molecule has 7 heteroatoms. The summed E-state index contributed by atoms with van der Waals surface area (Å²) in [5.74, 6) is 1.45. The zero-order valence-electron chi connectivity index (χ0n) is 12.5. The summed E-state index contributed by atoms with van der Waals surface area (Å²) in [5, 5.41) is 8.17. The number of aryl methyl sites for hydroxylation is 1. The molecule has 0 spiro atoms. The molecule has 0 bridgehead atoms. The average Bonchev–Trinajstić information content (AvgIpc) is 2.47. The van der Waals surface area contributed by atoms with Crippen molar-refractivity contribution in [1.29, 1.82) is 0 Å². The van der Waals surface area contributed by atoms with E-state index in [-0.39, 0.29) is 4.90 Å². The molecule has 1 aromatic carbocycles. The van der Waals surface area contributed by atoms with Crippen LogP contribution in [0.5, 0.6) is 5.75 Å². The van der Waals surface area contributed by atoms with E-state index in [2.05, 4.69) is 16.4 Å². The molecule has 118 valence electrons. The summed E-state index contributed by atoms with van der Waals surface area (Å²) >= 11 is 0. The number of benzene rings is 1. The van der Waals surface area contributed by atoms with Gasteiger partial charge in [-0.05, 0) is 37.1 Å². The van der Waals surface area contributed by atoms with Gasteiger partial charge < -0.3 is 10.1 Å². The van der Waals surface area contributed by atoms with Crippen LogP contribution in [-0.4, -0.2) is 27.1 Å². The Balaban J connectivity index is 1.98. The van der Waals surface area contributed by atoms with Crippen molar-refractivity contribution in [3.8, 4) is 5.75 Å². The van der Waals surface area contributed by atoms with Crippen molar-refractivity contribution in [3.05, 3.63) is 47.7 Å². The van der Waals surface area contributed by atoms with Gasteiger partial charge >= 0.3 is 0 Å². The van der Waals surface area contributed by atoms with Gasteiger partial charge in [0.1, 0.15) is 16.5 Å². The molecule has 0 unspecified atom stereocenters. The van der Waals surface area contributed by atoms with Crippen LogP contribution in [0.15, 0.2) is 41.4 Å². The molecular weight excluding hydrogens is 302 g/mol. The standard InChI is InChI=1S/C15H19N3O3S/c1-11-3-5-14(21-2)12(9-11)7-8-17-15-6-4-13(10-18-15)22(16,19)20/h3-6,9-10H,7-8H2,1-2H3,(H,17,18)(H2,16,19,20). The second-order valence-electron chi connectivity index (χ2n) is 4.92. The molecule has 2 aromatic rings. The van der Waals surface area contributed by atoms with Crippen molar-refractivity contribution in [1.82, 2.24) is 4.98 Å². The quantitative estimate of drug-likeness (QED) is 0.844. The van der Waals surface area contributed by atoms with E-state index in [0.717, 1.165) is 17.7 Å². The maximum atomic E-state index is 11.1. The second kappa shape index (κ2) is 6.76. The Morgan fingerprint density at radius 3 is 2.64 bits per heavy atom. The summed E-state index contributed by atoms with van der Waals surface area (Å²) in [4.78, 5) is 4.03. The molecule has 0 fully saturated rings. The van der Waals surface area contributed by atoms with Crippen molar-refractivity contribution < 1.29 is 13.2 Å². The van der Waals surface area contributed by atoms with Gasteiger partial charge in [0.15, 0.2) is 0 Å². The Morgan fingerprint density at radius 2 is 2.05 bits per heavy atom. The number of hydrogen-bond acceptors (Lipinski definition) is 5. The topological polar surface area (TPSA) is 94.3 Å². The van der Waals surface area contributed by atoms with Gasteiger partial charge in [-0.2, -0.15) is 0 Å². The van der Waals surface area contributed by atoms with E-state index < -0.39 is 10.0 Å². The largest absolute Gasteiger partial charge is 0.496 e. The number of nitrogens with two attached hydrogens (primary N) is 1. The highest BCUT2D eigenvalue weighted by molar-refractivity contribution is 7.89. The number of hydrogen-bond donors (Lipinski definition) is 2. The summed E-state index contributed by atoms with van der Waals surface area (Å²) in [6.45, 7) is 2.69. The van der Waals surface area contributed by atoms with Crippen LogP contribution in [0, 0.1) is 6.92 Å². The highest BCUT2D eigenvalue weighted by atomic mass is 32.2. The fourth-order valence-electron chi connectivity index (χ4n) is 2.08. The lowest BCUT2D eigenvalue weighted by atomic mass is 10.1. The second-order valence-corrected chi connectivity index (χ2v) is 6.48. The lowest BCUT2D eigenvalue weighted by molar-refractivity contribution is 0.410. The molecule has 1 heterocycles. The number of pyridine rings is 1. The summed E-state index contributed by atoms with van der Waals surface area (Å²) in [7, 11) is -2.06. The van der Waals surface area contributed by atoms with Gasteiger partial charge in [-0.15, -0.1) is 0 Å². The number of methoxy groups -OCH3 is 1. The molecule has 0 aliphatic heterocycles. The van der Waals surface area contributed by atoms with Crippen LogP contribution in [0.1, 0.15) is 11.1 Å².